The van der Waals surface area contributed by atoms with E-state index in [4.69, 9.17) is 4.74 Å². The molecule has 5 heteroatoms. The van der Waals surface area contributed by atoms with Crippen LogP contribution >= 0.6 is 0 Å². The fourth-order valence-electron chi connectivity index (χ4n) is 5.21. The van der Waals surface area contributed by atoms with Gasteiger partial charge in [-0.3, -0.25) is 9.59 Å². The van der Waals surface area contributed by atoms with Gasteiger partial charge in [0, 0.05) is 17.8 Å². The van der Waals surface area contributed by atoms with Crippen molar-refractivity contribution < 1.29 is 24.5 Å². The molecule has 0 amide bonds. The molecule has 0 heterocycles. The first-order valence-electron chi connectivity index (χ1n) is 9.79. The van der Waals surface area contributed by atoms with E-state index in [1.807, 2.05) is 0 Å². The summed E-state index contributed by atoms with van der Waals surface area (Å²) in [6, 6.07) is 0. The highest BCUT2D eigenvalue weighted by Crippen LogP contribution is 2.61. The van der Waals surface area contributed by atoms with Crippen molar-refractivity contribution in [2.45, 2.75) is 91.0 Å². The molecule has 26 heavy (non-hydrogen) atoms. The van der Waals surface area contributed by atoms with E-state index in [0.717, 1.165) is 25.7 Å². The van der Waals surface area contributed by atoms with Gasteiger partial charge >= 0.3 is 5.97 Å². The third-order valence-electron chi connectivity index (χ3n) is 6.83. The van der Waals surface area contributed by atoms with Crippen LogP contribution in [-0.2, 0) is 14.3 Å². The van der Waals surface area contributed by atoms with E-state index >= 15 is 0 Å². The second-order valence-electron chi connectivity index (χ2n) is 8.95. The monoisotopic (exact) mass is 366 g/mol. The summed E-state index contributed by atoms with van der Waals surface area (Å²) in [6.07, 6.45) is 5.24. The Labute approximate surface area is 156 Å². The topological polar surface area (TPSA) is 83.8 Å². The van der Waals surface area contributed by atoms with Crippen molar-refractivity contribution in [3.05, 3.63) is 11.6 Å². The normalized spacial score (nSPS) is 38.9. The Morgan fingerprint density at radius 2 is 2.00 bits per heavy atom. The molecule has 1 saturated carbocycles. The van der Waals surface area contributed by atoms with Crippen LogP contribution in [0, 0.1) is 16.7 Å². The van der Waals surface area contributed by atoms with Crippen LogP contribution in [0.5, 0.6) is 0 Å². The van der Waals surface area contributed by atoms with Gasteiger partial charge < -0.3 is 14.9 Å². The summed E-state index contributed by atoms with van der Waals surface area (Å²) in [5, 5.41) is 22.0. The number of hydrogen-bond acceptors (Lipinski definition) is 5. The minimum atomic E-state index is -1.76. The largest absolute Gasteiger partial charge is 0.458 e. The van der Waals surface area contributed by atoms with Crippen molar-refractivity contribution in [3.8, 4) is 0 Å². The van der Waals surface area contributed by atoms with Crippen molar-refractivity contribution in [2.24, 2.45) is 16.7 Å². The molecular formula is C21H34O5. The van der Waals surface area contributed by atoms with Crippen LogP contribution in [0.25, 0.3) is 0 Å². The molecule has 0 aromatic heterocycles. The SMILES string of the molecule is CCCCCC(=O)O[C@@H]1C=C(C)[C@](O)(C=O)[C@@]2(C)[C@H](O)CCC(C)(C)[C@H]12. The average Bonchev–Trinajstić information content (AvgIpc) is 2.56. The summed E-state index contributed by atoms with van der Waals surface area (Å²) in [4.78, 5) is 24.3. The maximum Gasteiger partial charge on any atom is 0.306 e. The Kier molecular flexibility index (Phi) is 6.03. The molecule has 5 atom stereocenters. The van der Waals surface area contributed by atoms with Crippen LogP contribution in [0.4, 0.5) is 0 Å². The van der Waals surface area contributed by atoms with E-state index in [1.165, 1.54) is 0 Å². The van der Waals surface area contributed by atoms with Gasteiger partial charge in [0.2, 0.25) is 0 Å². The molecule has 0 aromatic carbocycles. The number of aliphatic hydroxyl groups is 2. The zero-order valence-corrected chi connectivity index (χ0v) is 16.7. The minimum Gasteiger partial charge on any atom is -0.458 e. The number of carbonyl (C=O) groups is 2. The summed E-state index contributed by atoms with van der Waals surface area (Å²) >= 11 is 0. The highest BCUT2D eigenvalue weighted by Gasteiger charge is 2.66. The molecule has 2 aliphatic carbocycles. The van der Waals surface area contributed by atoms with Crippen LogP contribution in [0.2, 0.25) is 0 Å². The Balaban J connectivity index is 2.42. The Bertz CT molecular complexity index is 581. The summed E-state index contributed by atoms with van der Waals surface area (Å²) in [5.41, 5.74) is -2.73. The summed E-state index contributed by atoms with van der Waals surface area (Å²) in [5.74, 6) is -0.616. The van der Waals surface area contributed by atoms with Gasteiger partial charge in [0.05, 0.1) is 6.10 Å². The third-order valence-corrected chi connectivity index (χ3v) is 6.83. The minimum absolute atomic E-state index is 0.262. The van der Waals surface area contributed by atoms with Crippen molar-refractivity contribution in [3.63, 3.8) is 0 Å². The zero-order valence-electron chi connectivity index (χ0n) is 16.7. The predicted molar refractivity (Wildman–Crippen MR) is 99.4 cm³/mol. The number of aliphatic hydroxyl groups excluding tert-OH is 1. The first-order chi connectivity index (χ1) is 12.0. The van der Waals surface area contributed by atoms with Gasteiger partial charge in [-0.1, -0.05) is 40.5 Å². The maximum absolute atomic E-state index is 12.3. The van der Waals surface area contributed by atoms with Crippen molar-refractivity contribution >= 4 is 12.3 Å². The standard InChI is InChI=1S/C21H34O5/c1-6-7-8-9-17(24)26-15-12-14(2)21(25,13-22)20(5)16(23)10-11-19(3,4)18(15)20/h12-13,15-16,18,23,25H,6-11H2,1-5H3/t15-,16-,18+,20+,21-/m1/s1. The molecule has 0 saturated heterocycles. The fraction of sp³-hybridized carbons (Fsp3) is 0.810. The first-order valence-corrected chi connectivity index (χ1v) is 9.79. The predicted octanol–water partition coefficient (Wildman–Crippen LogP) is 3.17. The van der Waals surface area contributed by atoms with Crippen molar-refractivity contribution in [1.82, 2.24) is 0 Å². The molecular weight excluding hydrogens is 332 g/mol. The number of unbranched alkanes of at least 4 members (excludes halogenated alkanes) is 2. The smallest absolute Gasteiger partial charge is 0.306 e. The van der Waals surface area contributed by atoms with Gasteiger partial charge in [0.25, 0.3) is 0 Å². The molecule has 1 fully saturated rings. The van der Waals surface area contributed by atoms with E-state index in [2.05, 4.69) is 20.8 Å². The Morgan fingerprint density at radius 1 is 1.35 bits per heavy atom. The maximum atomic E-state index is 12.3. The molecule has 0 aromatic rings. The number of aldehydes is 1. The van der Waals surface area contributed by atoms with E-state index in [-0.39, 0.29) is 17.3 Å². The third kappa shape index (κ3) is 3.24. The van der Waals surface area contributed by atoms with Crippen LogP contribution in [0.3, 0.4) is 0 Å². The lowest BCUT2D eigenvalue weighted by molar-refractivity contribution is -0.219. The molecule has 2 rings (SSSR count). The number of ether oxygens (including phenoxy) is 1. The van der Waals surface area contributed by atoms with Gasteiger partial charge in [-0.15, -0.1) is 0 Å². The molecule has 148 valence electrons. The Morgan fingerprint density at radius 3 is 2.58 bits per heavy atom. The van der Waals surface area contributed by atoms with E-state index in [9.17, 15) is 19.8 Å². The first kappa shape index (κ1) is 21.1. The number of rotatable bonds is 6. The van der Waals surface area contributed by atoms with E-state index in [1.54, 1.807) is 19.9 Å². The zero-order chi connectivity index (χ0) is 19.8. The lowest BCUT2D eigenvalue weighted by atomic mass is 9.45. The molecule has 2 aliphatic rings. The summed E-state index contributed by atoms with van der Waals surface area (Å²) in [7, 11) is 0. The molecule has 0 aliphatic heterocycles. The van der Waals surface area contributed by atoms with Crippen molar-refractivity contribution in [1.29, 1.82) is 0 Å². The highest BCUT2D eigenvalue weighted by atomic mass is 16.5. The van der Waals surface area contributed by atoms with Crippen LogP contribution in [0.1, 0.15) is 73.1 Å². The van der Waals surface area contributed by atoms with Crippen LogP contribution in [-0.4, -0.2) is 40.3 Å². The molecule has 0 unspecified atom stereocenters. The molecule has 5 nitrogen and oxygen atoms in total. The number of carbonyl (C=O) groups excluding carboxylic acids is 2. The quantitative estimate of drug-likeness (QED) is 0.326. The van der Waals surface area contributed by atoms with E-state index in [0.29, 0.717) is 24.7 Å². The lowest BCUT2D eigenvalue weighted by Crippen LogP contribution is -2.68. The van der Waals surface area contributed by atoms with Gasteiger partial charge in [0.1, 0.15) is 11.7 Å². The lowest BCUT2D eigenvalue weighted by Gasteiger charge is -2.61. The second kappa shape index (κ2) is 7.43. The van der Waals surface area contributed by atoms with Gasteiger partial charge in [-0.25, -0.2) is 0 Å². The van der Waals surface area contributed by atoms with E-state index < -0.39 is 23.2 Å². The summed E-state index contributed by atoms with van der Waals surface area (Å²) in [6.45, 7) is 9.61. The number of hydrogen-bond donors (Lipinski definition) is 2. The van der Waals surface area contributed by atoms with Crippen LogP contribution in [0.15, 0.2) is 11.6 Å². The van der Waals surface area contributed by atoms with Crippen molar-refractivity contribution in [2.75, 3.05) is 0 Å². The fourth-order valence-corrected chi connectivity index (χ4v) is 5.21. The second-order valence-corrected chi connectivity index (χ2v) is 8.95. The highest BCUT2D eigenvalue weighted by molar-refractivity contribution is 5.73. The molecule has 0 radical (unpaired) electrons. The summed E-state index contributed by atoms with van der Waals surface area (Å²) < 4.78 is 5.81. The van der Waals surface area contributed by atoms with Gasteiger partial charge in [-0.2, -0.15) is 0 Å². The van der Waals surface area contributed by atoms with Gasteiger partial charge in [-0.05, 0) is 43.3 Å². The number of esters is 1. The molecule has 0 spiro atoms. The molecule has 0 bridgehead atoms. The van der Waals surface area contributed by atoms with Gasteiger partial charge in [0.15, 0.2) is 6.29 Å². The number of fused-ring (bicyclic) bond motifs is 1. The van der Waals surface area contributed by atoms with Crippen LogP contribution < -0.4 is 0 Å². The average molecular weight is 366 g/mol. The Hall–Kier alpha value is -1.20. The molecule has 2 N–H and O–H groups in total.